The summed E-state index contributed by atoms with van der Waals surface area (Å²) in [6.07, 6.45) is 0.894. The maximum absolute atomic E-state index is 13.6. The van der Waals surface area contributed by atoms with E-state index in [9.17, 15) is 14.0 Å². The topological polar surface area (TPSA) is 61.4 Å². The predicted molar refractivity (Wildman–Crippen MR) is 74.1 cm³/mol. The number of benzene rings is 1. The molecule has 0 aromatic heterocycles. The summed E-state index contributed by atoms with van der Waals surface area (Å²) in [5, 5.41) is 5.61. The molecule has 1 aromatic carbocycles. The highest BCUT2D eigenvalue weighted by atomic mass is 19.1. The van der Waals surface area contributed by atoms with Crippen LogP contribution in [0.2, 0.25) is 0 Å². The van der Waals surface area contributed by atoms with Crippen molar-refractivity contribution >= 4 is 17.5 Å². The Morgan fingerprint density at radius 1 is 1.30 bits per heavy atom. The second kappa shape index (κ2) is 6.47. The van der Waals surface area contributed by atoms with E-state index in [1.807, 2.05) is 0 Å². The minimum atomic E-state index is -0.547. The van der Waals surface area contributed by atoms with Crippen LogP contribution in [0.1, 0.15) is 23.7 Å². The molecule has 1 aliphatic heterocycles. The molecule has 1 saturated heterocycles. The van der Waals surface area contributed by atoms with Gasteiger partial charge in [-0.05, 0) is 31.2 Å². The van der Waals surface area contributed by atoms with E-state index in [2.05, 4.69) is 10.6 Å². The summed E-state index contributed by atoms with van der Waals surface area (Å²) in [4.78, 5) is 25.1. The molecule has 0 bridgehead atoms. The van der Waals surface area contributed by atoms with Crippen LogP contribution in [-0.2, 0) is 4.79 Å². The number of nitrogens with zero attached hydrogens (tertiary/aromatic N) is 1. The van der Waals surface area contributed by atoms with Crippen molar-refractivity contribution in [2.45, 2.75) is 13.3 Å². The summed E-state index contributed by atoms with van der Waals surface area (Å²) >= 11 is 0. The van der Waals surface area contributed by atoms with Crippen LogP contribution in [-0.4, -0.2) is 42.9 Å². The number of halogens is 1. The van der Waals surface area contributed by atoms with Gasteiger partial charge in [0.15, 0.2) is 0 Å². The van der Waals surface area contributed by atoms with Crippen molar-refractivity contribution in [1.82, 2.24) is 10.2 Å². The van der Waals surface area contributed by atoms with Gasteiger partial charge in [-0.25, -0.2) is 4.39 Å². The van der Waals surface area contributed by atoms with Gasteiger partial charge in [-0.3, -0.25) is 9.59 Å². The van der Waals surface area contributed by atoms with Crippen LogP contribution in [0.25, 0.3) is 0 Å². The number of hydrogen-bond acceptors (Lipinski definition) is 3. The summed E-state index contributed by atoms with van der Waals surface area (Å²) < 4.78 is 13.6. The Morgan fingerprint density at radius 3 is 2.85 bits per heavy atom. The van der Waals surface area contributed by atoms with Gasteiger partial charge in [0.2, 0.25) is 5.91 Å². The predicted octanol–water partition coefficient (Wildman–Crippen LogP) is 1.22. The normalized spacial score (nSPS) is 15.6. The molecule has 0 spiro atoms. The molecule has 2 N–H and O–H groups in total. The fraction of sp³-hybridized carbons (Fsp3) is 0.429. The molecule has 1 heterocycles. The van der Waals surface area contributed by atoms with Gasteiger partial charge in [0.1, 0.15) is 5.82 Å². The van der Waals surface area contributed by atoms with E-state index < -0.39 is 5.82 Å². The Hall–Kier alpha value is -1.95. The molecule has 108 valence electrons. The van der Waals surface area contributed by atoms with Crippen LogP contribution < -0.4 is 10.6 Å². The third kappa shape index (κ3) is 3.54. The summed E-state index contributed by atoms with van der Waals surface area (Å²) in [7, 11) is 0. The molecule has 0 saturated carbocycles. The van der Waals surface area contributed by atoms with Crippen molar-refractivity contribution in [2.75, 3.05) is 31.5 Å². The van der Waals surface area contributed by atoms with Gasteiger partial charge in [0.25, 0.3) is 5.91 Å². The molecule has 0 unspecified atom stereocenters. The Kier molecular flexibility index (Phi) is 4.68. The summed E-state index contributed by atoms with van der Waals surface area (Å²) in [5.74, 6) is -1.05. The van der Waals surface area contributed by atoms with Crippen LogP contribution in [0, 0.1) is 5.82 Å². The standard InChI is InChI=1S/C14H18FN3O2/c1-10(19)17-13-9-11(3-4-12(13)15)14(20)18-7-2-5-16-6-8-18/h3-4,9,16H,2,5-8H2,1H3,(H,17,19). The lowest BCUT2D eigenvalue weighted by molar-refractivity contribution is -0.114. The zero-order valence-corrected chi connectivity index (χ0v) is 11.4. The first-order chi connectivity index (χ1) is 9.58. The Bertz CT molecular complexity index is 511. The van der Waals surface area contributed by atoms with Crippen molar-refractivity contribution in [3.8, 4) is 0 Å². The molecular formula is C14H18FN3O2. The molecule has 2 amide bonds. The Morgan fingerprint density at radius 2 is 2.10 bits per heavy atom. The molecule has 0 atom stereocenters. The zero-order valence-electron chi connectivity index (χ0n) is 11.4. The number of anilines is 1. The number of carbonyl (C=O) groups excluding carboxylic acids is 2. The van der Waals surface area contributed by atoms with Crippen molar-refractivity contribution in [3.63, 3.8) is 0 Å². The molecule has 6 heteroatoms. The molecule has 0 aliphatic carbocycles. The molecule has 1 aromatic rings. The minimum absolute atomic E-state index is 0.0382. The number of hydrogen-bond donors (Lipinski definition) is 2. The van der Waals surface area contributed by atoms with E-state index in [0.717, 1.165) is 19.5 Å². The SMILES string of the molecule is CC(=O)Nc1cc(C(=O)N2CCCNCC2)ccc1F. The highest BCUT2D eigenvalue weighted by Gasteiger charge is 2.18. The van der Waals surface area contributed by atoms with E-state index in [1.165, 1.54) is 25.1 Å². The lowest BCUT2D eigenvalue weighted by atomic mass is 10.1. The Balaban J connectivity index is 2.18. The summed E-state index contributed by atoms with van der Waals surface area (Å²) in [6, 6.07) is 4.03. The van der Waals surface area contributed by atoms with Crippen LogP contribution in [0.3, 0.4) is 0 Å². The summed E-state index contributed by atoms with van der Waals surface area (Å²) in [6.45, 7) is 4.26. The number of nitrogens with one attached hydrogen (secondary N) is 2. The molecule has 1 fully saturated rings. The first-order valence-electron chi connectivity index (χ1n) is 6.65. The van der Waals surface area contributed by atoms with Gasteiger partial charge in [0.05, 0.1) is 5.69 Å². The van der Waals surface area contributed by atoms with E-state index in [1.54, 1.807) is 4.90 Å². The number of rotatable bonds is 2. The van der Waals surface area contributed by atoms with E-state index in [4.69, 9.17) is 0 Å². The molecular weight excluding hydrogens is 261 g/mol. The maximum atomic E-state index is 13.6. The largest absolute Gasteiger partial charge is 0.337 e. The van der Waals surface area contributed by atoms with Crippen LogP contribution in [0.5, 0.6) is 0 Å². The van der Waals surface area contributed by atoms with Gasteiger partial charge in [0, 0.05) is 32.1 Å². The molecule has 5 nitrogen and oxygen atoms in total. The van der Waals surface area contributed by atoms with Gasteiger partial charge in [-0.2, -0.15) is 0 Å². The van der Waals surface area contributed by atoms with Gasteiger partial charge in [-0.15, -0.1) is 0 Å². The first kappa shape index (κ1) is 14.5. The highest BCUT2D eigenvalue weighted by Crippen LogP contribution is 2.18. The smallest absolute Gasteiger partial charge is 0.253 e. The third-order valence-electron chi connectivity index (χ3n) is 3.15. The first-order valence-corrected chi connectivity index (χ1v) is 6.65. The average Bonchev–Trinajstić information content (AvgIpc) is 2.69. The molecule has 20 heavy (non-hydrogen) atoms. The van der Waals surface area contributed by atoms with Crippen molar-refractivity contribution < 1.29 is 14.0 Å². The van der Waals surface area contributed by atoms with Gasteiger partial charge >= 0.3 is 0 Å². The lowest BCUT2D eigenvalue weighted by Gasteiger charge is -2.20. The van der Waals surface area contributed by atoms with Gasteiger partial charge < -0.3 is 15.5 Å². The molecule has 1 aliphatic rings. The monoisotopic (exact) mass is 279 g/mol. The lowest BCUT2D eigenvalue weighted by Crippen LogP contribution is -2.34. The van der Waals surface area contributed by atoms with Crippen LogP contribution in [0.4, 0.5) is 10.1 Å². The minimum Gasteiger partial charge on any atom is -0.337 e. The number of amides is 2. The fourth-order valence-corrected chi connectivity index (χ4v) is 2.18. The second-order valence-electron chi connectivity index (χ2n) is 4.77. The van der Waals surface area contributed by atoms with Crippen molar-refractivity contribution in [2.24, 2.45) is 0 Å². The average molecular weight is 279 g/mol. The highest BCUT2D eigenvalue weighted by molar-refractivity contribution is 5.97. The quantitative estimate of drug-likeness (QED) is 0.855. The van der Waals surface area contributed by atoms with Crippen LogP contribution >= 0.6 is 0 Å². The van der Waals surface area contributed by atoms with Crippen molar-refractivity contribution in [1.29, 1.82) is 0 Å². The van der Waals surface area contributed by atoms with Gasteiger partial charge in [-0.1, -0.05) is 0 Å². The summed E-state index contributed by atoms with van der Waals surface area (Å²) in [5.41, 5.74) is 0.424. The third-order valence-corrected chi connectivity index (χ3v) is 3.15. The zero-order chi connectivity index (χ0) is 14.5. The number of carbonyl (C=O) groups is 2. The van der Waals surface area contributed by atoms with E-state index in [0.29, 0.717) is 18.7 Å². The molecule has 2 rings (SSSR count). The fourth-order valence-electron chi connectivity index (χ4n) is 2.18. The van der Waals surface area contributed by atoms with E-state index >= 15 is 0 Å². The van der Waals surface area contributed by atoms with E-state index in [-0.39, 0.29) is 17.5 Å². The molecule has 0 radical (unpaired) electrons. The maximum Gasteiger partial charge on any atom is 0.253 e. The van der Waals surface area contributed by atoms with Crippen molar-refractivity contribution in [3.05, 3.63) is 29.6 Å². The Labute approximate surface area is 117 Å². The van der Waals surface area contributed by atoms with Crippen LogP contribution in [0.15, 0.2) is 18.2 Å². The second-order valence-corrected chi connectivity index (χ2v) is 4.77.